The first-order chi connectivity index (χ1) is 11.6. The van der Waals surface area contributed by atoms with Gasteiger partial charge in [0.2, 0.25) is 5.91 Å². The maximum absolute atomic E-state index is 12.5. The molecule has 0 saturated heterocycles. The SMILES string of the molecule is C[C@H](C(=O)Nc1ccc(C(F)(F)F)cc1)n1cc([N+](=O)[O-])ccc1=O. The zero-order chi connectivity index (χ0) is 18.8. The van der Waals surface area contributed by atoms with Gasteiger partial charge in [-0.1, -0.05) is 0 Å². The van der Waals surface area contributed by atoms with Crippen molar-refractivity contribution in [2.45, 2.75) is 19.1 Å². The third-order valence-electron chi connectivity index (χ3n) is 3.41. The zero-order valence-electron chi connectivity index (χ0n) is 12.8. The van der Waals surface area contributed by atoms with E-state index in [-0.39, 0.29) is 11.4 Å². The fourth-order valence-corrected chi connectivity index (χ4v) is 2.02. The molecule has 1 aromatic carbocycles. The number of nitro groups is 1. The molecule has 0 saturated carbocycles. The Balaban J connectivity index is 2.19. The van der Waals surface area contributed by atoms with Crippen LogP contribution in [0, 0.1) is 10.1 Å². The van der Waals surface area contributed by atoms with Crippen molar-refractivity contribution < 1.29 is 22.9 Å². The predicted octanol–water partition coefficient (Wildman–Crippen LogP) is 2.98. The molecule has 1 heterocycles. The average molecular weight is 355 g/mol. The number of rotatable bonds is 4. The lowest BCUT2D eigenvalue weighted by Crippen LogP contribution is -2.31. The molecule has 7 nitrogen and oxygen atoms in total. The average Bonchev–Trinajstić information content (AvgIpc) is 2.54. The number of hydrogen-bond donors (Lipinski definition) is 1. The quantitative estimate of drug-likeness (QED) is 0.674. The van der Waals surface area contributed by atoms with Crippen LogP contribution in [-0.4, -0.2) is 15.4 Å². The van der Waals surface area contributed by atoms with E-state index in [2.05, 4.69) is 5.32 Å². The van der Waals surface area contributed by atoms with Crippen molar-refractivity contribution in [3.63, 3.8) is 0 Å². The minimum absolute atomic E-state index is 0.100. The van der Waals surface area contributed by atoms with Gasteiger partial charge in [-0.05, 0) is 31.2 Å². The van der Waals surface area contributed by atoms with Crippen molar-refractivity contribution in [2.24, 2.45) is 0 Å². The molecule has 0 fully saturated rings. The second kappa shape index (κ2) is 6.75. The van der Waals surface area contributed by atoms with E-state index < -0.39 is 34.2 Å². The minimum atomic E-state index is -4.49. The number of hydrogen-bond acceptors (Lipinski definition) is 4. The number of nitrogens with zero attached hydrogens (tertiary/aromatic N) is 2. The normalized spacial score (nSPS) is 12.5. The lowest BCUT2D eigenvalue weighted by atomic mass is 10.2. The lowest BCUT2D eigenvalue weighted by molar-refractivity contribution is -0.385. The molecule has 25 heavy (non-hydrogen) atoms. The van der Waals surface area contributed by atoms with E-state index >= 15 is 0 Å². The maximum atomic E-state index is 12.5. The van der Waals surface area contributed by atoms with Crippen LogP contribution in [0.25, 0.3) is 0 Å². The number of aromatic nitrogens is 1. The number of carbonyl (C=O) groups excluding carboxylic acids is 1. The number of halogens is 3. The summed E-state index contributed by atoms with van der Waals surface area (Å²) in [7, 11) is 0. The van der Waals surface area contributed by atoms with Crippen molar-refractivity contribution in [1.82, 2.24) is 4.57 Å². The summed E-state index contributed by atoms with van der Waals surface area (Å²) in [6.07, 6.45) is -3.56. The molecule has 132 valence electrons. The molecule has 2 rings (SSSR count). The van der Waals surface area contributed by atoms with Crippen LogP contribution >= 0.6 is 0 Å². The lowest BCUT2D eigenvalue weighted by Gasteiger charge is -2.15. The number of benzene rings is 1. The molecule has 10 heteroatoms. The molecule has 1 amide bonds. The van der Waals surface area contributed by atoms with Crippen LogP contribution in [0.2, 0.25) is 0 Å². The van der Waals surface area contributed by atoms with Crippen LogP contribution in [0.3, 0.4) is 0 Å². The highest BCUT2D eigenvalue weighted by molar-refractivity contribution is 5.93. The molecule has 1 atom stereocenters. The van der Waals surface area contributed by atoms with Gasteiger partial charge in [0.25, 0.3) is 11.2 Å². The number of nitrogens with one attached hydrogen (secondary N) is 1. The largest absolute Gasteiger partial charge is 0.416 e. The molecule has 0 radical (unpaired) electrons. The predicted molar refractivity (Wildman–Crippen MR) is 82.1 cm³/mol. The molecular formula is C15H12F3N3O4. The monoisotopic (exact) mass is 355 g/mol. The summed E-state index contributed by atoms with van der Waals surface area (Å²) in [6.45, 7) is 1.34. The first-order valence-electron chi connectivity index (χ1n) is 6.94. The van der Waals surface area contributed by atoms with Crippen molar-refractivity contribution >= 4 is 17.3 Å². The summed E-state index contributed by atoms with van der Waals surface area (Å²) in [5.74, 6) is -0.706. The summed E-state index contributed by atoms with van der Waals surface area (Å²) in [6, 6.07) is 4.63. The van der Waals surface area contributed by atoms with E-state index in [1.165, 1.54) is 6.92 Å². The fourth-order valence-electron chi connectivity index (χ4n) is 2.02. The second-order valence-corrected chi connectivity index (χ2v) is 5.13. The van der Waals surface area contributed by atoms with Crippen molar-refractivity contribution in [2.75, 3.05) is 5.32 Å². The number of carbonyl (C=O) groups is 1. The molecule has 1 N–H and O–H groups in total. The number of amides is 1. The number of anilines is 1. The van der Waals surface area contributed by atoms with Gasteiger partial charge in [0.15, 0.2) is 0 Å². The van der Waals surface area contributed by atoms with Crippen LogP contribution < -0.4 is 10.9 Å². The summed E-state index contributed by atoms with van der Waals surface area (Å²) in [5, 5.41) is 13.1. The number of pyridine rings is 1. The van der Waals surface area contributed by atoms with Gasteiger partial charge in [0, 0.05) is 17.8 Å². The Kier molecular flexibility index (Phi) is 4.91. The van der Waals surface area contributed by atoms with Gasteiger partial charge in [0.1, 0.15) is 6.04 Å². The summed E-state index contributed by atoms with van der Waals surface area (Å²) < 4.78 is 38.4. The fraction of sp³-hybridized carbons (Fsp3) is 0.200. The molecule has 0 aliphatic rings. The van der Waals surface area contributed by atoms with Gasteiger partial charge in [-0.25, -0.2) is 0 Å². The molecular weight excluding hydrogens is 343 g/mol. The molecule has 1 aromatic heterocycles. The van der Waals surface area contributed by atoms with Crippen molar-refractivity contribution in [1.29, 1.82) is 0 Å². The maximum Gasteiger partial charge on any atom is 0.416 e. The van der Waals surface area contributed by atoms with Gasteiger partial charge in [0.05, 0.1) is 16.7 Å². The van der Waals surface area contributed by atoms with Gasteiger partial charge in [-0.3, -0.25) is 24.3 Å². The third-order valence-corrected chi connectivity index (χ3v) is 3.41. The van der Waals surface area contributed by atoms with Crippen LogP contribution in [0.1, 0.15) is 18.5 Å². The zero-order valence-corrected chi connectivity index (χ0v) is 12.8. The first kappa shape index (κ1) is 18.2. The molecule has 0 aliphatic heterocycles. The van der Waals surface area contributed by atoms with E-state index in [1.54, 1.807) is 0 Å². The Morgan fingerprint density at radius 1 is 1.20 bits per heavy atom. The van der Waals surface area contributed by atoms with Gasteiger partial charge >= 0.3 is 6.18 Å². The Hall–Kier alpha value is -3.17. The molecule has 0 bridgehead atoms. The van der Waals surface area contributed by atoms with Crippen LogP contribution in [-0.2, 0) is 11.0 Å². The van der Waals surface area contributed by atoms with Crippen molar-refractivity contribution in [3.05, 3.63) is 68.6 Å². The summed E-state index contributed by atoms with van der Waals surface area (Å²) >= 11 is 0. The van der Waals surface area contributed by atoms with E-state index in [9.17, 15) is 32.9 Å². The third kappa shape index (κ3) is 4.22. The van der Waals surface area contributed by atoms with Crippen LogP contribution in [0.15, 0.2) is 47.4 Å². The highest BCUT2D eigenvalue weighted by Gasteiger charge is 2.30. The first-order valence-corrected chi connectivity index (χ1v) is 6.94. The van der Waals surface area contributed by atoms with E-state index in [4.69, 9.17) is 0 Å². The highest BCUT2D eigenvalue weighted by atomic mass is 19.4. The van der Waals surface area contributed by atoms with Crippen LogP contribution in [0.4, 0.5) is 24.5 Å². The topological polar surface area (TPSA) is 94.2 Å². The van der Waals surface area contributed by atoms with Gasteiger partial charge < -0.3 is 5.32 Å². The van der Waals surface area contributed by atoms with Gasteiger partial charge in [-0.2, -0.15) is 13.2 Å². The Bertz CT molecular complexity index is 860. The second-order valence-electron chi connectivity index (χ2n) is 5.13. The van der Waals surface area contributed by atoms with Gasteiger partial charge in [-0.15, -0.1) is 0 Å². The molecule has 0 unspecified atom stereocenters. The Morgan fingerprint density at radius 3 is 2.32 bits per heavy atom. The Morgan fingerprint density at radius 2 is 1.80 bits per heavy atom. The molecule has 0 aliphatic carbocycles. The van der Waals surface area contributed by atoms with Crippen LogP contribution in [0.5, 0.6) is 0 Å². The van der Waals surface area contributed by atoms with Crippen molar-refractivity contribution in [3.8, 4) is 0 Å². The smallest absolute Gasteiger partial charge is 0.324 e. The molecule has 2 aromatic rings. The van der Waals surface area contributed by atoms with E-state index in [1.807, 2.05) is 0 Å². The van der Waals surface area contributed by atoms with E-state index in [0.717, 1.165) is 47.2 Å². The van der Waals surface area contributed by atoms with E-state index in [0.29, 0.717) is 0 Å². The number of alkyl halides is 3. The summed E-state index contributed by atoms with van der Waals surface area (Å²) in [5.41, 5.74) is -1.76. The molecule has 0 spiro atoms. The highest BCUT2D eigenvalue weighted by Crippen LogP contribution is 2.29. The summed E-state index contributed by atoms with van der Waals surface area (Å²) in [4.78, 5) is 34.0. The Labute approximate surface area is 138 Å². The standard InChI is InChI=1S/C15H12F3N3O4/c1-9(20-8-12(21(24)25)6-7-13(20)22)14(23)19-11-4-2-10(3-5-11)15(16,17)18/h2-9H,1H3,(H,19,23)/t9-/m1/s1. The minimum Gasteiger partial charge on any atom is -0.324 e.